The third kappa shape index (κ3) is 3.07. The van der Waals surface area contributed by atoms with Gasteiger partial charge in [-0.05, 0) is 55.7 Å². The van der Waals surface area contributed by atoms with Crippen LogP contribution in [0.25, 0.3) is 0 Å². The zero-order chi connectivity index (χ0) is 13.1. The fourth-order valence-corrected chi connectivity index (χ4v) is 2.79. The molecule has 1 saturated heterocycles. The van der Waals surface area contributed by atoms with Crippen LogP contribution in [0.1, 0.15) is 24.8 Å². The van der Waals surface area contributed by atoms with Crippen LogP contribution in [-0.4, -0.2) is 35.9 Å². The smallest absolute Gasteiger partial charge is 0.137 e. The van der Waals surface area contributed by atoms with Crippen LogP contribution in [0.5, 0.6) is 5.75 Å². The van der Waals surface area contributed by atoms with Crippen LogP contribution in [0, 0.1) is 11.8 Å². The molecule has 1 aliphatic heterocycles. The number of hydrogen-bond acceptors (Lipinski definition) is 4. The molecule has 3 rings (SSSR count). The Kier molecular flexibility index (Phi) is 3.99. The van der Waals surface area contributed by atoms with Gasteiger partial charge < -0.3 is 15.2 Å². The van der Waals surface area contributed by atoms with Gasteiger partial charge in [-0.3, -0.25) is 4.98 Å². The molecule has 3 unspecified atom stereocenters. The van der Waals surface area contributed by atoms with Crippen molar-refractivity contribution in [3.63, 3.8) is 0 Å². The van der Waals surface area contributed by atoms with Gasteiger partial charge in [0.25, 0.3) is 0 Å². The van der Waals surface area contributed by atoms with Gasteiger partial charge in [0.15, 0.2) is 0 Å². The van der Waals surface area contributed by atoms with Crippen LogP contribution in [0.15, 0.2) is 18.5 Å². The Hall–Kier alpha value is -1.13. The van der Waals surface area contributed by atoms with Gasteiger partial charge in [0.1, 0.15) is 12.4 Å². The normalized spacial score (nSPS) is 29.4. The van der Waals surface area contributed by atoms with Gasteiger partial charge in [-0.1, -0.05) is 0 Å². The first kappa shape index (κ1) is 12.9. The monoisotopic (exact) mass is 262 g/mol. The standard InChI is InChI=1S/C15H22N2O2/c18-9-13-2-1-12(13)5-11-6-15(8-16-7-11)19-10-14-3-4-17-14/h6-8,12-14,17-18H,1-5,9-10H2. The van der Waals surface area contributed by atoms with Crippen molar-refractivity contribution in [3.8, 4) is 5.75 Å². The van der Waals surface area contributed by atoms with Crippen LogP contribution >= 0.6 is 0 Å². The largest absolute Gasteiger partial charge is 0.490 e. The number of nitrogens with one attached hydrogen (secondary N) is 1. The minimum Gasteiger partial charge on any atom is -0.490 e. The zero-order valence-corrected chi connectivity index (χ0v) is 11.2. The van der Waals surface area contributed by atoms with Gasteiger partial charge in [-0.2, -0.15) is 0 Å². The topological polar surface area (TPSA) is 54.4 Å². The molecule has 1 aliphatic carbocycles. The third-order valence-electron chi connectivity index (χ3n) is 4.45. The van der Waals surface area contributed by atoms with E-state index in [9.17, 15) is 5.11 Å². The molecule has 104 valence electrons. The maximum Gasteiger partial charge on any atom is 0.137 e. The minimum absolute atomic E-state index is 0.321. The molecule has 0 amide bonds. The Morgan fingerprint density at radius 1 is 1.26 bits per heavy atom. The van der Waals surface area contributed by atoms with Gasteiger partial charge in [0, 0.05) is 18.8 Å². The van der Waals surface area contributed by atoms with E-state index in [-0.39, 0.29) is 0 Å². The highest BCUT2D eigenvalue weighted by atomic mass is 16.5. The summed E-state index contributed by atoms with van der Waals surface area (Å²) in [6.07, 6.45) is 8.30. The van der Waals surface area contributed by atoms with Crippen LogP contribution < -0.4 is 10.1 Å². The summed E-state index contributed by atoms with van der Waals surface area (Å²) in [5.74, 6) is 1.98. The van der Waals surface area contributed by atoms with E-state index in [2.05, 4.69) is 16.4 Å². The molecule has 0 radical (unpaired) electrons. The number of aliphatic hydroxyl groups excluding tert-OH is 1. The van der Waals surface area contributed by atoms with Crippen molar-refractivity contribution >= 4 is 0 Å². The van der Waals surface area contributed by atoms with Gasteiger partial charge in [0.2, 0.25) is 0 Å². The lowest BCUT2D eigenvalue weighted by Crippen LogP contribution is -2.46. The molecule has 2 aliphatic rings. The average Bonchev–Trinajstić information content (AvgIpc) is 2.34. The van der Waals surface area contributed by atoms with E-state index < -0.39 is 0 Å². The molecule has 1 aromatic heterocycles. The van der Waals surface area contributed by atoms with Crippen molar-refractivity contribution in [2.45, 2.75) is 31.7 Å². The van der Waals surface area contributed by atoms with E-state index >= 15 is 0 Å². The summed E-state index contributed by atoms with van der Waals surface area (Å²) in [7, 11) is 0. The molecule has 0 spiro atoms. The molecule has 1 saturated carbocycles. The molecule has 19 heavy (non-hydrogen) atoms. The Morgan fingerprint density at radius 2 is 2.11 bits per heavy atom. The van der Waals surface area contributed by atoms with Crippen molar-refractivity contribution in [2.24, 2.45) is 11.8 Å². The Balaban J connectivity index is 1.53. The van der Waals surface area contributed by atoms with E-state index in [4.69, 9.17) is 4.74 Å². The Morgan fingerprint density at radius 3 is 2.74 bits per heavy atom. The molecule has 1 aromatic rings. The molecule has 4 heteroatoms. The highest BCUT2D eigenvalue weighted by Gasteiger charge is 2.30. The molecule has 2 heterocycles. The fraction of sp³-hybridized carbons (Fsp3) is 0.667. The van der Waals surface area contributed by atoms with Gasteiger partial charge in [-0.15, -0.1) is 0 Å². The van der Waals surface area contributed by atoms with E-state index in [1.54, 1.807) is 6.20 Å². The Labute approximate surface area is 114 Å². The molecule has 2 fully saturated rings. The number of rotatable bonds is 6. The number of nitrogens with zero attached hydrogens (tertiary/aromatic N) is 1. The van der Waals surface area contributed by atoms with Gasteiger partial charge >= 0.3 is 0 Å². The van der Waals surface area contributed by atoms with Gasteiger partial charge in [-0.25, -0.2) is 0 Å². The van der Waals surface area contributed by atoms with Crippen molar-refractivity contribution in [1.82, 2.24) is 10.3 Å². The highest BCUT2D eigenvalue weighted by molar-refractivity contribution is 5.24. The number of aliphatic hydroxyl groups is 1. The second kappa shape index (κ2) is 5.88. The predicted octanol–water partition coefficient (Wildman–Crippen LogP) is 1.38. The van der Waals surface area contributed by atoms with Crippen LogP contribution in [-0.2, 0) is 6.42 Å². The lowest BCUT2D eigenvalue weighted by atomic mass is 9.71. The van der Waals surface area contributed by atoms with E-state index in [0.29, 0.717) is 24.5 Å². The fourth-order valence-electron chi connectivity index (χ4n) is 2.79. The number of pyridine rings is 1. The summed E-state index contributed by atoms with van der Waals surface area (Å²) < 4.78 is 5.76. The summed E-state index contributed by atoms with van der Waals surface area (Å²) >= 11 is 0. The molecule has 3 atom stereocenters. The maximum atomic E-state index is 9.22. The van der Waals surface area contributed by atoms with Crippen molar-refractivity contribution < 1.29 is 9.84 Å². The number of hydrogen-bond donors (Lipinski definition) is 2. The second-order valence-electron chi connectivity index (χ2n) is 5.76. The third-order valence-corrected chi connectivity index (χ3v) is 4.45. The van der Waals surface area contributed by atoms with Crippen LogP contribution in [0.2, 0.25) is 0 Å². The minimum atomic E-state index is 0.321. The average molecular weight is 262 g/mol. The van der Waals surface area contributed by atoms with Crippen molar-refractivity contribution in [3.05, 3.63) is 24.0 Å². The quantitative estimate of drug-likeness (QED) is 0.813. The SMILES string of the molecule is OCC1CCC1Cc1cncc(OCC2CCN2)c1. The summed E-state index contributed by atoms with van der Waals surface area (Å²) in [6.45, 7) is 2.16. The maximum absolute atomic E-state index is 9.22. The van der Waals surface area contributed by atoms with Crippen molar-refractivity contribution in [1.29, 1.82) is 0 Å². The summed E-state index contributed by atoms with van der Waals surface area (Å²) in [4.78, 5) is 4.26. The van der Waals surface area contributed by atoms with Crippen LogP contribution in [0.3, 0.4) is 0 Å². The predicted molar refractivity (Wildman–Crippen MR) is 73.1 cm³/mol. The number of ether oxygens (including phenoxy) is 1. The molecular weight excluding hydrogens is 240 g/mol. The highest BCUT2D eigenvalue weighted by Crippen LogP contribution is 2.36. The summed E-state index contributed by atoms with van der Waals surface area (Å²) in [5, 5.41) is 12.5. The van der Waals surface area contributed by atoms with Crippen molar-refractivity contribution in [2.75, 3.05) is 19.8 Å². The molecule has 0 aromatic carbocycles. The number of aromatic nitrogens is 1. The lowest BCUT2D eigenvalue weighted by Gasteiger charge is -2.35. The Bertz CT molecular complexity index is 418. The first-order chi connectivity index (χ1) is 9.35. The zero-order valence-electron chi connectivity index (χ0n) is 11.2. The van der Waals surface area contributed by atoms with E-state index in [0.717, 1.165) is 31.7 Å². The molecule has 0 bridgehead atoms. The summed E-state index contributed by atoms with van der Waals surface area (Å²) in [6, 6.07) is 2.60. The second-order valence-corrected chi connectivity index (χ2v) is 5.76. The summed E-state index contributed by atoms with van der Waals surface area (Å²) in [5.41, 5.74) is 1.22. The first-order valence-electron chi connectivity index (χ1n) is 7.26. The molecule has 2 N–H and O–H groups in total. The lowest BCUT2D eigenvalue weighted by molar-refractivity contribution is 0.0910. The van der Waals surface area contributed by atoms with Crippen LogP contribution in [0.4, 0.5) is 0 Å². The van der Waals surface area contributed by atoms with E-state index in [1.165, 1.54) is 18.4 Å². The van der Waals surface area contributed by atoms with E-state index in [1.807, 2.05) is 6.20 Å². The molecular formula is C15H22N2O2. The van der Waals surface area contributed by atoms with Gasteiger partial charge in [0.05, 0.1) is 6.20 Å². The first-order valence-corrected chi connectivity index (χ1v) is 7.26. The molecule has 4 nitrogen and oxygen atoms in total.